The van der Waals surface area contributed by atoms with Crippen LogP contribution in [0.25, 0.3) is 0 Å². The molecule has 1 fully saturated rings. The standard InChI is InChI=1S/C12H16BrN3O2/c1-15(2)12(17)10-8-16(5-6-18-10)11-4-3-9(13)7-14-11/h3-4,7,10H,5-6,8H2,1-2H3. The van der Waals surface area contributed by atoms with Gasteiger partial charge in [-0.25, -0.2) is 4.98 Å². The summed E-state index contributed by atoms with van der Waals surface area (Å²) in [6.45, 7) is 1.85. The molecule has 1 atom stereocenters. The molecular formula is C12H16BrN3O2. The van der Waals surface area contributed by atoms with Crippen molar-refractivity contribution < 1.29 is 9.53 Å². The van der Waals surface area contributed by atoms with Gasteiger partial charge >= 0.3 is 0 Å². The molecule has 2 rings (SSSR count). The highest BCUT2D eigenvalue weighted by Gasteiger charge is 2.28. The van der Waals surface area contributed by atoms with Gasteiger partial charge in [-0.3, -0.25) is 4.79 Å². The number of halogens is 1. The van der Waals surface area contributed by atoms with Crippen LogP contribution in [0.5, 0.6) is 0 Å². The fourth-order valence-electron chi connectivity index (χ4n) is 1.85. The maximum absolute atomic E-state index is 11.9. The molecule has 1 aliphatic rings. The third-order valence-corrected chi connectivity index (χ3v) is 3.29. The van der Waals surface area contributed by atoms with E-state index in [-0.39, 0.29) is 5.91 Å². The van der Waals surface area contributed by atoms with Gasteiger partial charge in [0.1, 0.15) is 5.82 Å². The average Bonchev–Trinajstić information content (AvgIpc) is 2.38. The fourth-order valence-corrected chi connectivity index (χ4v) is 2.08. The number of nitrogens with zero attached hydrogens (tertiary/aromatic N) is 3. The van der Waals surface area contributed by atoms with Crippen molar-refractivity contribution in [2.75, 3.05) is 38.7 Å². The molecule has 0 aromatic carbocycles. The number of aromatic nitrogens is 1. The first-order valence-corrected chi connectivity index (χ1v) is 6.56. The molecule has 18 heavy (non-hydrogen) atoms. The Bertz CT molecular complexity index is 422. The Morgan fingerprint density at radius 3 is 2.94 bits per heavy atom. The summed E-state index contributed by atoms with van der Waals surface area (Å²) < 4.78 is 6.45. The third kappa shape index (κ3) is 3.00. The molecule has 1 unspecified atom stereocenters. The lowest BCUT2D eigenvalue weighted by molar-refractivity contribution is -0.141. The Labute approximate surface area is 115 Å². The maximum Gasteiger partial charge on any atom is 0.253 e. The lowest BCUT2D eigenvalue weighted by atomic mass is 10.2. The van der Waals surface area contributed by atoms with Crippen molar-refractivity contribution in [3.63, 3.8) is 0 Å². The Balaban J connectivity index is 2.07. The van der Waals surface area contributed by atoms with Crippen LogP contribution in [0.4, 0.5) is 5.82 Å². The monoisotopic (exact) mass is 313 g/mol. The summed E-state index contributed by atoms with van der Waals surface area (Å²) in [5, 5.41) is 0. The Kier molecular flexibility index (Phi) is 4.19. The summed E-state index contributed by atoms with van der Waals surface area (Å²) in [5.41, 5.74) is 0. The SMILES string of the molecule is CN(C)C(=O)C1CN(c2ccc(Br)cn2)CCO1. The van der Waals surface area contributed by atoms with Crippen LogP contribution in [0.1, 0.15) is 0 Å². The van der Waals surface area contributed by atoms with Gasteiger partial charge in [0.2, 0.25) is 0 Å². The summed E-state index contributed by atoms with van der Waals surface area (Å²) in [5.74, 6) is 0.870. The zero-order chi connectivity index (χ0) is 13.1. The maximum atomic E-state index is 11.9. The first-order valence-electron chi connectivity index (χ1n) is 5.77. The van der Waals surface area contributed by atoms with Crippen molar-refractivity contribution >= 4 is 27.7 Å². The molecular weight excluding hydrogens is 298 g/mol. The van der Waals surface area contributed by atoms with Crippen molar-refractivity contribution in [2.45, 2.75) is 6.10 Å². The topological polar surface area (TPSA) is 45.7 Å². The predicted octanol–water partition coefficient (Wildman–Crippen LogP) is 1.14. The normalized spacial score (nSPS) is 19.7. The summed E-state index contributed by atoms with van der Waals surface area (Å²) >= 11 is 3.36. The van der Waals surface area contributed by atoms with Crippen LogP contribution in [0.15, 0.2) is 22.8 Å². The first kappa shape index (κ1) is 13.3. The number of hydrogen-bond acceptors (Lipinski definition) is 4. The van der Waals surface area contributed by atoms with E-state index in [1.165, 1.54) is 0 Å². The van der Waals surface area contributed by atoms with E-state index in [0.29, 0.717) is 13.2 Å². The van der Waals surface area contributed by atoms with E-state index in [1.54, 1.807) is 25.2 Å². The Hall–Kier alpha value is -1.14. The van der Waals surface area contributed by atoms with E-state index >= 15 is 0 Å². The molecule has 0 radical (unpaired) electrons. The van der Waals surface area contributed by atoms with Crippen LogP contribution in [-0.4, -0.2) is 55.7 Å². The second-order valence-corrected chi connectivity index (χ2v) is 5.29. The van der Waals surface area contributed by atoms with Gasteiger partial charge in [0, 0.05) is 31.3 Å². The molecule has 0 saturated carbocycles. The van der Waals surface area contributed by atoms with Gasteiger partial charge in [-0.2, -0.15) is 0 Å². The zero-order valence-electron chi connectivity index (χ0n) is 10.5. The van der Waals surface area contributed by atoms with Crippen molar-refractivity contribution in [3.8, 4) is 0 Å². The fraction of sp³-hybridized carbons (Fsp3) is 0.500. The second kappa shape index (κ2) is 5.67. The minimum absolute atomic E-state index is 0.00295. The van der Waals surface area contributed by atoms with Gasteiger partial charge in [-0.1, -0.05) is 0 Å². The number of pyridine rings is 1. The number of rotatable bonds is 2. The lowest BCUT2D eigenvalue weighted by Gasteiger charge is -2.34. The van der Waals surface area contributed by atoms with Crippen molar-refractivity contribution in [2.24, 2.45) is 0 Å². The predicted molar refractivity (Wildman–Crippen MR) is 72.6 cm³/mol. The van der Waals surface area contributed by atoms with Gasteiger partial charge in [0.25, 0.3) is 5.91 Å². The Morgan fingerprint density at radius 2 is 2.33 bits per heavy atom. The average molecular weight is 314 g/mol. The molecule has 0 bridgehead atoms. The number of anilines is 1. The Morgan fingerprint density at radius 1 is 1.56 bits per heavy atom. The number of ether oxygens (including phenoxy) is 1. The van der Waals surface area contributed by atoms with Gasteiger partial charge in [0.05, 0.1) is 13.2 Å². The van der Waals surface area contributed by atoms with Gasteiger partial charge in [-0.05, 0) is 28.1 Å². The van der Waals surface area contributed by atoms with E-state index in [9.17, 15) is 4.79 Å². The third-order valence-electron chi connectivity index (χ3n) is 2.82. The summed E-state index contributed by atoms with van der Waals surface area (Å²) in [6, 6.07) is 3.88. The minimum atomic E-state index is -0.404. The van der Waals surface area contributed by atoms with Gasteiger partial charge in [0.15, 0.2) is 6.10 Å². The van der Waals surface area contributed by atoms with E-state index in [1.807, 2.05) is 12.1 Å². The van der Waals surface area contributed by atoms with Crippen molar-refractivity contribution in [1.82, 2.24) is 9.88 Å². The summed E-state index contributed by atoms with van der Waals surface area (Å²) in [7, 11) is 3.48. The van der Waals surface area contributed by atoms with Crippen molar-refractivity contribution in [1.29, 1.82) is 0 Å². The molecule has 1 aliphatic heterocycles. The molecule has 98 valence electrons. The van der Waals surface area contributed by atoms with E-state index in [2.05, 4.69) is 25.8 Å². The molecule has 6 heteroatoms. The lowest BCUT2D eigenvalue weighted by Crippen LogP contribution is -2.49. The summed E-state index contributed by atoms with van der Waals surface area (Å²) in [4.78, 5) is 19.8. The number of carbonyl (C=O) groups is 1. The molecule has 0 spiro atoms. The highest BCUT2D eigenvalue weighted by Crippen LogP contribution is 2.18. The quantitative estimate of drug-likeness (QED) is 0.821. The van der Waals surface area contributed by atoms with Gasteiger partial charge in [-0.15, -0.1) is 0 Å². The van der Waals surface area contributed by atoms with Crippen LogP contribution in [0.3, 0.4) is 0 Å². The van der Waals surface area contributed by atoms with E-state index < -0.39 is 6.10 Å². The molecule has 1 aromatic heterocycles. The highest BCUT2D eigenvalue weighted by molar-refractivity contribution is 9.10. The largest absolute Gasteiger partial charge is 0.365 e. The van der Waals surface area contributed by atoms with Crippen LogP contribution in [-0.2, 0) is 9.53 Å². The smallest absolute Gasteiger partial charge is 0.253 e. The molecule has 1 amide bonds. The summed E-state index contributed by atoms with van der Waals surface area (Å²) in [6.07, 6.45) is 1.35. The number of likely N-dealkylation sites (N-methyl/N-ethyl adjacent to an activating group) is 1. The minimum Gasteiger partial charge on any atom is -0.365 e. The van der Waals surface area contributed by atoms with E-state index in [0.717, 1.165) is 16.8 Å². The number of morpholine rings is 1. The van der Waals surface area contributed by atoms with Crippen LogP contribution in [0.2, 0.25) is 0 Å². The molecule has 0 aliphatic carbocycles. The molecule has 1 saturated heterocycles. The second-order valence-electron chi connectivity index (χ2n) is 4.37. The first-order chi connectivity index (χ1) is 8.58. The number of carbonyl (C=O) groups excluding carboxylic acids is 1. The number of amides is 1. The molecule has 1 aromatic rings. The van der Waals surface area contributed by atoms with Gasteiger partial charge < -0.3 is 14.5 Å². The van der Waals surface area contributed by atoms with Crippen LogP contribution in [0, 0.1) is 0 Å². The van der Waals surface area contributed by atoms with Crippen molar-refractivity contribution in [3.05, 3.63) is 22.8 Å². The highest BCUT2D eigenvalue weighted by atomic mass is 79.9. The van der Waals surface area contributed by atoms with E-state index in [4.69, 9.17) is 4.74 Å². The van der Waals surface area contributed by atoms with Crippen LogP contribution < -0.4 is 4.90 Å². The molecule has 5 nitrogen and oxygen atoms in total. The van der Waals surface area contributed by atoms with Crippen LogP contribution >= 0.6 is 15.9 Å². The zero-order valence-corrected chi connectivity index (χ0v) is 12.1. The molecule has 2 heterocycles. The molecule has 0 N–H and O–H groups in total. The number of hydrogen-bond donors (Lipinski definition) is 0.